The molecule has 0 saturated heterocycles. The van der Waals surface area contributed by atoms with Gasteiger partial charge in [0, 0.05) is 35.5 Å². The van der Waals surface area contributed by atoms with E-state index >= 15 is 0 Å². The minimum atomic E-state index is 0.705. The highest BCUT2D eigenvalue weighted by Gasteiger charge is 2.04. The van der Waals surface area contributed by atoms with Crippen LogP contribution in [0, 0.1) is 0 Å². The molecule has 3 rings (SSSR count). The van der Waals surface area contributed by atoms with Crippen LogP contribution in [0.5, 0.6) is 0 Å². The van der Waals surface area contributed by atoms with Crippen LogP contribution in [0.15, 0.2) is 48.8 Å². The molecule has 3 aromatic rings. The molecule has 0 aliphatic carbocycles. The van der Waals surface area contributed by atoms with Crippen LogP contribution in [0.1, 0.15) is 11.3 Å². The van der Waals surface area contributed by atoms with E-state index in [-0.39, 0.29) is 0 Å². The molecule has 0 aliphatic rings. The number of benzene rings is 1. The minimum Gasteiger partial charge on any atom is -0.361 e. The van der Waals surface area contributed by atoms with Gasteiger partial charge in [0.2, 0.25) is 0 Å². The van der Waals surface area contributed by atoms with Crippen LogP contribution >= 0.6 is 0 Å². The lowest BCUT2D eigenvalue weighted by molar-refractivity contribution is 0.663. The fourth-order valence-electron chi connectivity index (χ4n) is 2.62. The van der Waals surface area contributed by atoms with Gasteiger partial charge in [-0.3, -0.25) is 0 Å². The van der Waals surface area contributed by atoms with Crippen molar-refractivity contribution in [1.29, 1.82) is 0 Å². The molecule has 0 bridgehead atoms. The molecule has 3 N–H and O–H groups in total. The smallest absolute Gasteiger partial charge is 0.0456 e. The quantitative estimate of drug-likeness (QED) is 0.721. The Bertz CT molecular complexity index is 663. The number of nitrogens with one attached hydrogen (secondary N) is 1. The van der Waals surface area contributed by atoms with Crippen LogP contribution in [0.3, 0.4) is 0 Å². The molecule has 3 nitrogen and oxygen atoms in total. The summed E-state index contributed by atoms with van der Waals surface area (Å²) < 4.78 is 2.30. The third-order valence-electron chi connectivity index (χ3n) is 3.62. The van der Waals surface area contributed by atoms with Gasteiger partial charge in [-0.2, -0.15) is 0 Å². The van der Waals surface area contributed by atoms with E-state index in [1.54, 1.807) is 0 Å². The summed E-state index contributed by atoms with van der Waals surface area (Å²) in [5, 5.41) is 1.33. The number of nitrogens with two attached hydrogens (primary N) is 1. The first-order chi connectivity index (χ1) is 9.38. The average Bonchev–Trinajstić information content (AvgIpc) is 3.04. The number of aromatic amines is 1. The van der Waals surface area contributed by atoms with Crippen molar-refractivity contribution in [2.45, 2.75) is 19.4 Å². The van der Waals surface area contributed by atoms with E-state index in [2.05, 4.69) is 58.3 Å². The maximum atomic E-state index is 5.64. The fourth-order valence-corrected chi connectivity index (χ4v) is 2.62. The summed E-state index contributed by atoms with van der Waals surface area (Å²) in [6.07, 6.45) is 6.24. The van der Waals surface area contributed by atoms with Crippen LogP contribution in [0.4, 0.5) is 0 Å². The highest BCUT2D eigenvalue weighted by Crippen LogP contribution is 2.18. The van der Waals surface area contributed by atoms with Gasteiger partial charge in [-0.15, -0.1) is 0 Å². The molecule has 0 fully saturated rings. The Labute approximate surface area is 113 Å². The summed E-state index contributed by atoms with van der Waals surface area (Å²) in [6, 6.07) is 12.7. The first-order valence-corrected chi connectivity index (χ1v) is 6.77. The Balaban J connectivity index is 1.77. The molecule has 19 heavy (non-hydrogen) atoms. The van der Waals surface area contributed by atoms with Crippen molar-refractivity contribution >= 4 is 10.9 Å². The largest absolute Gasteiger partial charge is 0.361 e. The zero-order valence-electron chi connectivity index (χ0n) is 11.0. The number of aryl methyl sites for hydroxylation is 2. The predicted molar refractivity (Wildman–Crippen MR) is 79.2 cm³/mol. The van der Waals surface area contributed by atoms with Crippen LogP contribution in [0.25, 0.3) is 10.9 Å². The monoisotopic (exact) mass is 253 g/mol. The summed E-state index contributed by atoms with van der Waals surface area (Å²) >= 11 is 0. The van der Waals surface area contributed by atoms with Gasteiger partial charge in [0.1, 0.15) is 0 Å². The Hall–Kier alpha value is -2.00. The van der Waals surface area contributed by atoms with Crippen molar-refractivity contribution in [2.24, 2.45) is 5.73 Å². The van der Waals surface area contributed by atoms with Crippen LogP contribution in [0.2, 0.25) is 0 Å². The van der Waals surface area contributed by atoms with Gasteiger partial charge in [0.25, 0.3) is 0 Å². The minimum absolute atomic E-state index is 0.705. The summed E-state index contributed by atoms with van der Waals surface area (Å²) in [7, 11) is 0. The summed E-state index contributed by atoms with van der Waals surface area (Å²) in [5.41, 5.74) is 9.55. The molecule has 2 heterocycles. The van der Waals surface area contributed by atoms with E-state index in [1.165, 1.54) is 22.2 Å². The molecule has 0 unspecified atom stereocenters. The molecular weight excluding hydrogens is 234 g/mol. The topological polar surface area (TPSA) is 46.7 Å². The van der Waals surface area contributed by atoms with Crippen LogP contribution in [-0.2, 0) is 19.4 Å². The summed E-state index contributed by atoms with van der Waals surface area (Å²) in [5.74, 6) is 0. The third kappa shape index (κ3) is 2.42. The van der Waals surface area contributed by atoms with E-state index in [0.717, 1.165) is 19.4 Å². The molecule has 0 atom stereocenters. The Morgan fingerprint density at radius 1 is 1.05 bits per heavy atom. The zero-order chi connectivity index (χ0) is 13.1. The van der Waals surface area contributed by atoms with E-state index in [0.29, 0.717) is 6.54 Å². The van der Waals surface area contributed by atoms with E-state index < -0.39 is 0 Å². The molecule has 0 spiro atoms. The van der Waals surface area contributed by atoms with Gasteiger partial charge in [-0.1, -0.05) is 18.2 Å². The van der Waals surface area contributed by atoms with E-state index in [4.69, 9.17) is 5.73 Å². The normalized spacial score (nSPS) is 11.2. The number of rotatable bonds is 5. The van der Waals surface area contributed by atoms with Gasteiger partial charge in [0.15, 0.2) is 0 Å². The fraction of sp³-hybridized carbons (Fsp3) is 0.250. The molecular formula is C16H19N3. The van der Waals surface area contributed by atoms with Gasteiger partial charge < -0.3 is 15.3 Å². The average molecular weight is 253 g/mol. The van der Waals surface area contributed by atoms with Crippen molar-refractivity contribution < 1.29 is 0 Å². The Morgan fingerprint density at radius 2 is 1.95 bits per heavy atom. The maximum Gasteiger partial charge on any atom is 0.0456 e. The lowest BCUT2D eigenvalue weighted by Gasteiger charge is -2.08. The van der Waals surface area contributed by atoms with Crippen LogP contribution in [-0.4, -0.2) is 16.1 Å². The Kier molecular flexibility index (Phi) is 3.38. The second-order valence-electron chi connectivity index (χ2n) is 4.84. The van der Waals surface area contributed by atoms with Crippen molar-refractivity contribution in [3.05, 3.63) is 60.0 Å². The molecule has 0 radical (unpaired) electrons. The number of hydrogen-bond donors (Lipinski definition) is 2. The SMILES string of the molecule is NCCc1cccn1CCc1c[nH]c2ccccc12. The first-order valence-electron chi connectivity index (χ1n) is 6.77. The molecule has 0 saturated carbocycles. The van der Waals surface area contributed by atoms with Gasteiger partial charge in [0.05, 0.1) is 0 Å². The van der Waals surface area contributed by atoms with Crippen LogP contribution < -0.4 is 5.73 Å². The summed E-state index contributed by atoms with van der Waals surface area (Å²) in [6.45, 7) is 1.71. The van der Waals surface area contributed by atoms with Gasteiger partial charge in [-0.05, 0) is 43.1 Å². The maximum absolute atomic E-state index is 5.64. The zero-order valence-corrected chi connectivity index (χ0v) is 11.0. The highest BCUT2D eigenvalue weighted by atomic mass is 15.0. The number of fused-ring (bicyclic) bond motifs is 1. The lowest BCUT2D eigenvalue weighted by Crippen LogP contribution is -2.09. The van der Waals surface area contributed by atoms with Gasteiger partial charge in [-0.25, -0.2) is 0 Å². The lowest BCUT2D eigenvalue weighted by atomic mass is 10.1. The summed E-state index contributed by atoms with van der Waals surface area (Å²) in [4.78, 5) is 3.33. The molecule has 2 aromatic heterocycles. The second kappa shape index (κ2) is 5.33. The molecule has 1 aromatic carbocycles. The molecule has 0 amide bonds. The van der Waals surface area contributed by atoms with Gasteiger partial charge >= 0.3 is 0 Å². The third-order valence-corrected chi connectivity index (χ3v) is 3.62. The number of nitrogens with zero attached hydrogens (tertiary/aromatic N) is 1. The molecule has 98 valence electrons. The second-order valence-corrected chi connectivity index (χ2v) is 4.84. The molecule has 0 aliphatic heterocycles. The first kappa shape index (κ1) is 12.1. The van der Waals surface area contributed by atoms with Crippen molar-refractivity contribution in [1.82, 2.24) is 9.55 Å². The number of H-pyrrole nitrogens is 1. The number of para-hydroxylation sites is 1. The number of aromatic nitrogens is 2. The number of hydrogen-bond acceptors (Lipinski definition) is 1. The Morgan fingerprint density at radius 3 is 2.84 bits per heavy atom. The van der Waals surface area contributed by atoms with Crippen molar-refractivity contribution in [3.8, 4) is 0 Å². The predicted octanol–water partition coefficient (Wildman–Crippen LogP) is 2.71. The van der Waals surface area contributed by atoms with Crippen molar-refractivity contribution in [3.63, 3.8) is 0 Å². The van der Waals surface area contributed by atoms with Crippen molar-refractivity contribution in [2.75, 3.05) is 6.54 Å². The van der Waals surface area contributed by atoms with E-state index in [9.17, 15) is 0 Å². The standard InChI is InChI=1S/C16H19N3/c17-9-7-14-4-3-10-19(14)11-8-13-12-18-16-6-2-1-5-15(13)16/h1-6,10,12,18H,7-9,11,17H2. The molecule has 3 heteroatoms. The highest BCUT2D eigenvalue weighted by molar-refractivity contribution is 5.82. The van der Waals surface area contributed by atoms with E-state index in [1.807, 2.05) is 0 Å².